The average molecular weight is 190 g/mol. The summed E-state index contributed by atoms with van der Waals surface area (Å²) in [5.41, 5.74) is 8.80. The number of rotatable bonds is 2. The molecule has 0 atom stereocenters. The van der Waals surface area contributed by atoms with Gasteiger partial charge < -0.3 is 10.6 Å². The highest BCUT2D eigenvalue weighted by Crippen LogP contribution is 2.32. The molecule has 0 spiro atoms. The van der Waals surface area contributed by atoms with E-state index in [1.54, 1.807) is 0 Å². The number of aryl methyl sites for hydroxylation is 1. The number of likely N-dealkylation sites (tertiary alicyclic amines) is 1. The first-order valence-corrected chi connectivity index (χ1v) is 5.12. The first kappa shape index (κ1) is 9.69. The van der Waals surface area contributed by atoms with Crippen LogP contribution in [0.4, 0.5) is 0 Å². The Morgan fingerprint density at radius 2 is 1.86 bits per heavy atom. The van der Waals surface area contributed by atoms with Crippen molar-refractivity contribution in [1.29, 1.82) is 0 Å². The Kier molecular flexibility index (Phi) is 2.33. The molecule has 0 aliphatic carbocycles. The van der Waals surface area contributed by atoms with Gasteiger partial charge in [-0.05, 0) is 19.5 Å². The van der Waals surface area contributed by atoms with Gasteiger partial charge in [0.25, 0.3) is 0 Å². The van der Waals surface area contributed by atoms with Crippen LogP contribution in [0.3, 0.4) is 0 Å². The number of likely N-dealkylation sites (N-methyl/N-ethyl adjacent to an activating group) is 1. The SMILES string of the molecule is Cc1ccc(C2(CN)CN(C)C2)cc1. The lowest BCUT2D eigenvalue weighted by Gasteiger charge is -2.48. The maximum atomic E-state index is 5.87. The number of hydrogen-bond acceptors (Lipinski definition) is 2. The van der Waals surface area contributed by atoms with Gasteiger partial charge in [-0.1, -0.05) is 29.8 Å². The molecule has 1 fully saturated rings. The molecule has 2 heteroatoms. The van der Waals surface area contributed by atoms with E-state index in [0.29, 0.717) is 0 Å². The standard InChI is InChI=1S/C12H18N2/c1-10-3-5-11(6-4-10)12(7-13)8-14(2)9-12/h3-6H,7-9,13H2,1-2H3. The van der Waals surface area contributed by atoms with E-state index < -0.39 is 0 Å². The van der Waals surface area contributed by atoms with Gasteiger partial charge in [-0.3, -0.25) is 0 Å². The molecule has 0 radical (unpaired) electrons. The third-order valence-corrected chi connectivity index (χ3v) is 3.20. The maximum Gasteiger partial charge on any atom is 0.0329 e. The van der Waals surface area contributed by atoms with E-state index in [1.165, 1.54) is 11.1 Å². The summed E-state index contributed by atoms with van der Waals surface area (Å²) in [4.78, 5) is 2.31. The van der Waals surface area contributed by atoms with Crippen molar-refractivity contribution in [2.24, 2.45) is 5.73 Å². The van der Waals surface area contributed by atoms with Crippen LogP contribution in [0.15, 0.2) is 24.3 Å². The van der Waals surface area contributed by atoms with Crippen molar-refractivity contribution in [3.63, 3.8) is 0 Å². The van der Waals surface area contributed by atoms with Gasteiger partial charge in [0.05, 0.1) is 0 Å². The number of hydrogen-bond donors (Lipinski definition) is 1. The summed E-state index contributed by atoms with van der Waals surface area (Å²) < 4.78 is 0. The Balaban J connectivity index is 2.25. The van der Waals surface area contributed by atoms with Gasteiger partial charge in [0.15, 0.2) is 0 Å². The summed E-state index contributed by atoms with van der Waals surface area (Å²) in [5.74, 6) is 0. The summed E-state index contributed by atoms with van der Waals surface area (Å²) in [5, 5.41) is 0. The summed E-state index contributed by atoms with van der Waals surface area (Å²) >= 11 is 0. The Morgan fingerprint density at radius 1 is 1.29 bits per heavy atom. The molecule has 2 N–H and O–H groups in total. The summed E-state index contributed by atoms with van der Waals surface area (Å²) in [6.45, 7) is 5.05. The van der Waals surface area contributed by atoms with Crippen LogP contribution in [0.25, 0.3) is 0 Å². The molecule has 14 heavy (non-hydrogen) atoms. The van der Waals surface area contributed by atoms with Gasteiger partial charge in [0.2, 0.25) is 0 Å². The van der Waals surface area contributed by atoms with Gasteiger partial charge >= 0.3 is 0 Å². The van der Waals surface area contributed by atoms with Crippen LogP contribution >= 0.6 is 0 Å². The van der Waals surface area contributed by atoms with Crippen molar-refractivity contribution in [2.45, 2.75) is 12.3 Å². The molecule has 0 aromatic heterocycles. The highest BCUT2D eigenvalue weighted by Gasteiger charge is 2.41. The van der Waals surface area contributed by atoms with E-state index in [0.717, 1.165) is 19.6 Å². The Labute approximate surface area is 85.7 Å². The molecule has 0 bridgehead atoms. The Morgan fingerprint density at radius 3 is 2.29 bits per heavy atom. The van der Waals surface area contributed by atoms with Crippen molar-refractivity contribution >= 4 is 0 Å². The minimum absolute atomic E-state index is 0.225. The van der Waals surface area contributed by atoms with Crippen LogP contribution in [-0.2, 0) is 5.41 Å². The van der Waals surface area contributed by atoms with Crippen molar-refractivity contribution in [1.82, 2.24) is 4.90 Å². The molecular weight excluding hydrogens is 172 g/mol. The van der Waals surface area contributed by atoms with Gasteiger partial charge in [-0.2, -0.15) is 0 Å². The number of nitrogens with two attached hydrogens (primary N) is 1. The average Bonchev–Trinajstić information content (AvgIpc) is 2.14. The molecule has 1 aromatic carbocycles. The second kappa shape index (κ2) is 3.37. The Bertz CT molecular complexity index is 310. The fourth-order valence-electron chi connectivity index (χ4n) is 2.32. The topological polar surface area (TPSA) is 29.3 Å². The summed E-state index contributed by atoms with van der Waals surface area (Å²) in [6, 6.07) is 8.78. The van der Waals surface area contributed by atoms with E-state index in [1.807, 2.05) is 0 Å². The third kappa shape index (κ3) is 1.45. The van der Waals surface area contributed by atoms with Gasteiger partial charge in [-0.25, -0.2) is 0 Å². The number of nitrogens with zero attached hydrogens (tertiary/aromatic N) is 1. The molecule has 0 saturated carbocycles. The second-order valence-electron chi connectivity index (χ2n) is 4.52. The van der Waals surface area contributed by atoms with E-state index >= 15 is 0 Å². The zero-order valence-corrected chi connectivity index (χ0v) is 8.96. The molecule has 2 nitrogen and oxygen atoms in total. The molecule has 0 amide bonds. The van der Waals surface area contributed by atoms with E-state index in [-0.39, 0.29) is 5.41 Å². The fourth-order valence-corrected chi connectivity index (χ4v) is 2.32. The number of benzene rings is 1. The molecule has 76 valence electrons. The van der Waals surface area contributed by atoms with Crippen LogP contribution < -0.4 is 5.73 Å². The van der Waals surface area contributed by atoms with E-state index in [4.69, 9.17) is 5.73 Å². The van der Waals surface area contributed by atoms with Crippen molar-refractivity contribution in [3.8, 4) is 0 Å². The lowest BCUT2D eigenvalue weighted by atomic mass is 9.74. The summed E-state index contributed by atoms with van der Waals surface area (Å²) in [7, 11) is 2.14. The minimum Gasteiger partial charge on any atom is -0.329 e. The first-order chi connectivity index (χ1) is 6.66. The molecule has 1 aromatic rings. The van der Waals surface area contributed by atoms with Gasteiger partial charge in [-0.15, -0.1) is 0 Å². The van der Waals surface area contributed by atoms with Crippen LogP contribution in [0.1, 0.15) is 11.1 Å². The molecule has 0 unspecified atom stereocenters. The normalized spacial score (nSPS) is 20.5. The quantitative estimate of drug-likeness (QED) is 0.757. The predicted octanol–water partition coefficient (Wildman–Crippen LogP) is 1.14. The van der Waals surface area contributed by atoms with Crippen molar-refractivity contribution in [3.05, 3.63) is 35.4 Å². The van der Waals surface area contributed by atoms with Crippen LogP contribution in [0, 0.1) is 6.92 Å². The molecule has 1 aliphatic rings. The largest absolute Gasteiger partial charge is 0.329 e. The molecule has 1 saturated heterocycles. The second-order valence-corrected chi connectivity index (χ2v) is 4.52. The molecule has 1 aliphatic heterocycles. The summed E-state index contributed by atoms with van der Waals surface area (Å²) in [6.07, 6.45) is 0. The molecule has 2 rings (SSSR count). The third-order valence-electron chi connectivity index (χ3n) is 3.20. The van der Waals surface area contributed by atoms with Crippen molar-refractivity contribution in [2.75, 3.05) is 26.7 Å². The zero-order valence-electron chi connectivity index (χ0n) is 8.96. The minimum atomic E-state index is 0.225. The molecular formula is C12H18N2. The van der Waals surface area contributed by atoms with Crippen LogP contribution in [0.2, 0.25) is 0 Å². The van der Waals surface area contributed by atoms with Gasteiger partial charge in [0, 0.05) is 25.0 Å². The fraction of sp³-hybridized carbons (Fsp3) is 0.500. The highest BCUT2D eigenvalue weighted by atomic mass is 15.2. The Hall–Kier alpha value is -0.860. The molecule has 1 heterocycles. The zero-order chi connectivity index (χ0) is 10.2. The van der Waals surface area contributed by atoms with E-state index in [2.05, 4.69) is 43.1 Å². The smallest absolute Gasteiger partial charge is 0.0329 e. The van der Waals surface area contributed by atoms with Crippen LogP contribution in [-0.4, -0.2) is 31.6 Å². The van der Waals surface area contributed by atoms with Crippen molar-refractivity contribution < 1.29 is 0 Å². The van der Waals surface area contributed by atoms with E-state index in [9.17, 15) is 0 Å². The lowest BCUT2D eigenvalue weighted by molar-refractivity contribution is 0.100. The van der Waals surface area contributed by atoms with Gasteiger partial charge in [0.1, 0.15) is 0 Å². The highest BCUT2D eigenvalue weighted by molar-refractivity contribution is 5.32. The first-order valence-electron chi connectivity index (χ1n) is 5.12. The lowest BCUT2D eigenvalue weighted by Crippen LogP contribution is -2.61. The maximum absolute atomic E-state index is 5.87. The van der Waals surface area contributed by atoms with Crippen LogP contribution in [0.5, 0.6) is 0 Å². The monoisotopic (exact) mass is 190 g/mol. The predicted molar refractivity (Wildman–Crippen MR) is 59.4 cm³/mol.